The van der Waals surface area contributed by atoms with Crippen molar-refractivity contribution in [2.24, 2.45) is 7.05 Å². The SMILES string of the molecule is COc1ccnc(N(C)[C@H](C)c2cnn(C)c2)n1. The maximum Gasteiger partial charge on any atom is 0.228 e. The van der Waals surface area contributed by atoms with E-state index in [-0.39, 0.29) is 6.04 Å². The first-order chi connectivity index (χ1) is 8.61. The van der Waals surface area contributed by atoms with Crippen molar-refractivity contribution in [3.05, 3.63) is 30.2 Å². The maximum atomic E-state index is 5.10. The number of nitrogens with zero attached hydrogens (tertiary/aromatic N) is 5. The van der Waals surface area contributed by atoms with Gasteiger partial charge in [0.2, 0.25) is 11.8 Å². The maximum absolute atomic E-state index is 5.10. The molecular formula is C12H17N5O. The summed E-state index contributed by atoms with van der Waals surface area (Å²) in [6.07, 6.45) is 5.52. The van der Waals surface area contributed by atoms with Crippen molar-refractivity contribution >= 4 is 5.95 Å². The lowest BCUT2D eigenvalue weighted by molar-refractivity contribution is 0.396. The molecule has 0 aliphatic carbocycles. The van der Waals surface area contributed by atoms with Crippen LogP contribution in [0, 0.1) is 0 Å². The Kier molecular flexibility index (Phi) is 3.45. The molecule has 0 radical (unpaired) electrons. The van der Waals surface area contributed by atoms with Crippen LogP contribution in [0.5, 0.6) is 5.88 Å². The minimum atomic E-state index is 0.144. The largest absolute Gasteiger partial charge is 0.481 e. The predicted octanol–water partition coefficient (Wildman–Crippen LogP) is 1.42. The Hall–Kier alpha value is -2.11. The molecule has 2 heterocycles. The number of rotatable bonds is 4. The van der Waals surface area contributed by atoms with Crippen molar-refractivity contribution in [2.75, 3.05) is 19.1 Å². The average Bonchev–Trinajstić information content (AvgIpc) is 2.83. The molecule has 0 bridgehead atoms. The molecule has 0 amide bonds. The lowest BCUT2D eigenvalue weighted by atomic mass is 10.2. The third-order valence-corrected chi connectivity index (χ3v) is 2.93. The van der Waals surface area contributed by atoms with E-state index in [2.05, 4.69) is 22.0 Å². The molecule has 0 aliphatic rings. The summed E-state index contributed by atoms with van der Waals surface area (Å²) in [4.78, 5) is 10.5. The van der Waals surface area contributed by atoms with Gasteiger partial charge in [-0.05, 0) is 6.92 Å². The summed E-state index contributed by atoms with van der Waals surface area (Å²) >= 11 is 0. The Morgan fingerprint density at radius 3 is 2.83 bits per heavy atom. The number of hydrogen-bond donors (Lipinski definition) is 0. The minimum absolute atomic E-state index is 0.144. The lowest BCUT2D eigenvalue weighted by Gasteiger charge is -2.23. The lowest BCUT2D eigenvalue weighted by Crippen LogP contribution is -2.23. The summed E-state index contributed by atoms with van der Waals surface area (Å²) in [5, 5.41) is 4.17. The van der Waals surface area contributed by atoms with Crippen LogP contribution in [0.3, 0.4) is 0 Å². The molecule has 2 aromatic heterocycles. The van der Waals surface area contributed by atoms with Gasteiger partial charge >= 0.3 is 0 Å². The summed E-state index contributed by atoms with van der Waals surface area (Å²) in [7, 11) is 5.45. The van der Waals surface area contributed by atoms with Crippen molar-refractivity contribution in [3.8, 4) is 5.88 Å². The molecule has 1 atom stereocenters. The van der Waals surface area contributed by atoms with Gasteiger partial charge in [0.25, 0.3) is 0 Å². The fourth-order valence-corrected chi connectivity index (χ4v) is 1.67. The average molecular weight is 247 g/mol. The van der Waals surface area contributed by atoms with E-state index in [1.54, 1.807) is 24.1 Å². The van der Waals surface area contributed by atoms with Gasteiger partial charge in [-0.15, -0.1) is 0 Å². The third-order valence-electron chi connectivity index (χ3n) is 2.93. The van der Waals surface area contributed by atoms with Gasteiger partial charge < -0.3 is 9.64 Å². The highest BCUT2D eigenvalue weighted by Gasteiger charge is 2.16. The Morgan fingerprint density at radius 1 is 1.44 bits per heavy atom. The molecule has 0 saturated carbocycles. The van der Waals surface area contributed by atoms with Crippen LogP contribution in [0.4, 0.5) is 5.95 Å². The first-order valence-electron chi connectivity index (χ1n) is 5.70. The standard InChI is InChI=1S/C12H17N5O/c1-9(10-7-14-16(2)8-10)17(3)12-13-6-5-11(15-12)18-4/h5-9H,1-4H3/t9-/m1/s1. The normalized spacial score (nSPS) is 12.2. The van der Waals surface area contributed by atoms with Gasteiger partial charge in [0.05, 0.1) is 19.3 Å². The quantitative estimate of drug-likeness (QED) is 0.817. The van der Waals surface area contributed by atoms with Crippen LogP contribution in [0.25, 0.3) is 0 Å². The first kappa shape index (κ1) is 12.3. The number of anilines is 1. The van der Waals surface area contributed by atoms with Crippen LogP contribution < -0.4 is 9.64 Å². The molecule has 0 aromatic carbocycles. The Balaban J connectivity index is 2.22. The van der Waals surface area contributed by atoms with Crippen molar-refractivity contribution in [3.63, 3.8) is 0 Å². The number of aryl methyl sites for hydroxylation is 1. The summed E-state index contributed by atoms with van der Waals surface area (Å²) in [6, 6.07) is 1.87. The van der Waals surface area contributed by atoms with E-state index in [0.29, 0.717) is 11.8 Å². The second-order valence-electron chi connectivity index (χ2n) is 4.13. The van der Waals surface area contributed by atoms with Gasteiger partial charge in [0, 0.05) is 38.1 Å². The van der Waals surface area contributed by atoms with E-state index in [9.17, 15) is 0 Å². The van der Waals surface area contributed by atoms with Gasteiger partial charge in [-0.2, -0.15) is 10.1 Å². The third kappa shape index (κ3) is 2.42. The van der Waals surface area contributed by atoms with Gasteiger partial charge in [-0.1, -0.05) is 0 Å². The van der Waals surface area contributed by atoms with Crippen molar-refractivity contribution in [1.82, 2.24) is 19.7 Å². The molecule has 0 saturated heterocycles. The monoisotopic (exact) mass is 247 g/mol. The molecule has 0 fully saturated rings. The zero-order valence-corrected chi connectivity index (χ0v) is 11.0. The zero-order chi connectivity index (χ0) is 13.1. The summed E-state index contributed by atoms with van der Waals surface area (Å²) in [5.41, 5.74) is 1.12. The zero-order valence-electron chi connectivity index (χ0n) is 11.0. The van der Waals surface area contributed by atoms with Gasteiger partial charge in [-0.3, -0.25) is 4.68 Å². The van der Waals surface area contributed by atoms with E-state index in [0.717, 1.165) is 5.56 Å². The highest BCUT2D eigenvalue weighted by molar-refractivity contribution is 5.35. The van der Waals surface area contributed by atoms with Crippen molar-refractivity contribution in [2.45, 2.75) is 13.0 Å². The molecule has 96 valence electrons. The van der Waals surface area contributed by atoms with E-state index < -0.39 is 0 Å². The Morgan fingerprint density at radius 2 is 2.22 bits per heavy atom. The van der Waals surface area contributed by atoms with Gasteiger partial charge in [-0.25, -0.2) is 4.98 Å². The van der Waals surface area contributed by atoms with E-state index in [1.165, 1.54) is 0 Å². The molecule has 0 N–H and O–H groups in total. The van der Waals surface area contributed by atoms with E-state index in [1.807, 2.05) is 31.4 Å². The van der Waals surface area contributed by atoms with Gasteiger partial charge in [0.1, 0.15) is 0 Å². The van der Waals surface area contributed by atoms with Crippen LogP contribution in [0.2, 0.25) is 0 Å². The number of hydrogen-bond acceptors (Lipinski definition) is 5. The molecule has 0 unspecified atom stereocenters. The fourth-order valence-electron chi connectivity index (χ4n) is 1.67. The Labute approximate surface area is 106 Å². The summed E-state index contributed by atoms with van der Waals surface area (Å²) < 4.78 is 6.88. The van der Waals surface area contributed by atoms with Crippen molar-refractivity contribution < 1.29 is 4.74 Å². The minimum Gasteiger partial charge on any atom is -0.481 e. The number of ether oxygens (including phenoxy) is 1. The second kappa shape index (κ2) is 5.03. The predicted molar refractivity (Wildman–Crippen MR) is 68.6 cm³/mol. The van der Waals surface area contributed by atoms with Crippen LogP contribution in [-0.2, 0) is 7.05 Å². The topological polar surface area (TPSA) is 56.1 Å². The second-order valence-corrected chi connectivity index (χ2v) is 4.13. The van der Waals surface area contributed by atoms with E-state index >= 15 is 0 Å². The van der Waals surface area contributed by atoms with E-state index in [4.69, 9.17) is 4.74 Å². The van der Waals surface area contributed by atoms with Crippen LogP contribution in [0.15, 0.2) is 24.7 Å². The van der Waals surface area contributed by atoms with Crippen molar-refractivity contribution in [1.29, 1.82) is 0 Å². The molecule has 6 nitrogen and oxygen atoms in total. The number of aromatic nitrogens is 4. The molecular weight excluding hydrogens is 230 g/mol. The molecule has 0 spiro atoms. The Bertz CT molecular complexity index is 525. The number of methoxy groups -OCH3 is 1. The first-order valence-corrected chi connectivity index (χ1v) is 5.70. The highest BCUT2D eigenvalue weighted by Crippen LogP contribution is 2.22. The fraction of sp³-hybridized carbons (Fsp3) is 0.417. The molecule has 18 heavy (non-hydrogen) atoms. The molecule has 2 aromatic rings. The van der Waals surface area contributed by atoms with Gasteiger partial charge in [0.15, 0.2) is 0 Å². The van der Waals surface area contributed by atoms with Crippen LogP contribution in [-0.4, -0.2) is 33.9 Å². The molecule has 0 aliphatic heterocycles. The highest BCUT2D eigenvalue weighted by atomic mass is 16.5. The molecule has 2 rings (SSSR count). The summed E-state index contributed by atoms with van der Waals surface area (Å²) in [6.45, 7) is 2.08. The van der Waals surface area contributed by atoms with Crippen LogP contribution >= 0.6 is 0 Å². The van der Waals surface area contributed by atoms with Crippen LogP contribution in [0.1, 0.15) is 18.5 Å². The smallest absolute Gasteiger partial charge is 0.228 e. The molecule has 6 heteroatoms. The summed E-state index contributed by atoms with van der Waals surface area (Å²) in [5.74, 6) is 1.19.